The number of ether oxygens (including phenoxy) is 1. The van der Waals surface area contributed by atoms with Gasteiger partial charge in [-0.3, -0.25) is 14.1 Å². The fraction of sp³-hybridized carbons (Fsp3) is 0.182. The summed E-state index contributed by atoms with van der Waals surface area (Å²) in [7, 11) is -3.70. The van der Waals surface area contributed by atoms with Gasteiger partial charge in [0.25, 0.3) is 0 Å². The molecular formula is C22H23N3O4S. The van der Waals surface area contributed by atoms with E-state index in [9.17, 15) is 13.2 Å². The molecular weight excluding hydrogens is 402 g/mol. The van der Waals surface area contributed by atoms with Gasteiger partial charge in [0.2, 0.25) is 15.9 Å². The minimum absolute atomic E-state index is 0.285. The van der Waals surface area contributed by atoms with Crippen LogP contribution in [0.5, 0.6) is 11.5 Å². The number of nitrogens with one attached hydrogen (secondary N) is 1. The number of rotatable bonds is 8. The lowest BCUT2D eigenvalue weighted by Crippen LogP contribution is -2.47. The van der Waals surface area contributed by atoms with E-state index >= 15 is 0 Å². The van der Waals surface area contributed by atoms with Crippen LogP contribution in [0.3, 0.4) is 0 Å². The highest BCUT2D eigenvalue weighted by molar-refractivity contribution is 7.92. The predicted molar refractivity (Wildman–Crippen MR) is 116 cm³/mol. The lowest BCUT2D eigenvalue weighted by Gasteiger charge is -2.28. The summed E-state index contributed by atoms with van der Waals surface area (Å²) in [5.41, 5.74) is 1.25. The highest BCUT2D eigenvalue weighted by Gasteiger charge is 2.29. The molecule has 1 amide bonds. The third kappa shape index (κ3) is 5.57. The molecule has 0 fully saturated rings. The van der Waals surface area contributed by atoms with Crippen LogP contribution in [0.2, 0.25) is 0 Å². The summed E-state index contributed by atoms with van der Waals surface area (Å²) < 4.78 is 31.7. The molecule has 7 nitrogen and oxygen atoms in total. The average Bonchev–Trinajstić information content (AvgIpc) is 2.74. The number of carbonyl (C=O) groups excluding carboxylic acids is 1. The summed E-state index contributed by atoms with van der Waals surface area (Å²) >= 11 is 0. The first kappa shape index (κ1) is 21.3. The van der Waals surface area contributed by atoms with E-state index in [4.69, 9.17) is 4.74 Å². The van der Waals surface area contributed by atoms with Gasteiger partial charge in [-0.25, -0.2) is 8.42 Å². The first-order valence-corrected chi connectivity index (χ1v) is 11.2. The Morgan fingerprint density at radius 3 is 2.20 bits per heavy atom. The van der Waals surface area contributed by atoms with Crippen LogP contribution in [0, 0.1) is 0 Å². The lowest BCUT2D eigenvalue weighted by atomic mass is 10.2. The summed E-state index contributed by atoms with van der Waals surface area (Å²) in [5.74, 6) is 0.837. The average molecular weight is 426 g/mol. The third-order valence-corrected chi connectivity index (χ3v) is 5.62. The fourth-order valence-electron chi connectivity index (χ4n) is 2.93. The summed E-state index contributed by atoms with van der Waals surface area (Å²) in [5, 5.41) is 2.77. The van der Waals surface area contributed by atoms with Crippen molar-refractivity contribution in [2.24, 2.45) is 0 Å². The maximum atomic E-state index is 12.6. The van der Waals surface area contributed by atoms with Crippen molar-refractivity contribution in [2.45, 2.75) is 19.5 Å². The number of benzene rings is 2. The molecule has 0 saturated heterocycles. The highest BCUT2D eigenvalue weighted by Crippen LogP contribution is 2.26. The van der Waals surface area contributed by atoms with Crippen molar-refractivity contribution in [1.82, 2.24) is 10.3 Å². The second-order valence-corrected chi connectivity index (χ2v) is 8.58. The van der Waals surface area contributed by atoms with Crippen molar-refractivity contribution in [3.63, 3.8) is 0 Å². The number of sulfonamides is 1. The lowest BCUT2D eigenvalue weighted by molar-refractivity contribution is -0.122. The van der Waals surface area contributed by atoms with Crippen molar-refractivity contribution in [3.8, 4) is 11.5 Å². The van der Waals surface area contributed by atoms with Crippen LogP contribution < -0.4 is 14.4 Å². The SMILES string of the molecule is CC(C(=O)NCc1ccncc1)N(c1ccc(Oc2ccccc2)cc1)S(C)(=O)=O. The summed E-state index contributed by atoms with van der Waals surface area (Å²) in [4.78, 5) is 16.6. The smallest absolute Gasteiger partial charge is 0.243 e. The number of pyridine rings is 1. The molecule has 0 radical (unpaired) electrons. The zero-order valence-electron chi connectivity index (χ0n) is 16.7. The Morgan fingerprint density at radius 2 is 1.60 bits per heavy atom. The van der Waals surface area contributed by atoms with Gasteiger partial charge in [0, 0.05) is 18.9 Å². The second kappa shape index (κ2) is 9.41. The van der Waals surface area contributed by atoms with Crippen LogP contribution in [0.1, 0.15) is 12.5 Å². The molecule has 0 aliphatic carbocycles. The van der Waals surface area contributed by atoms with Crippen LogP contribution in [-0.4, -0.2) is 31.6 Å². The molecule has 30 heavy (non-hydrogen) atoms. The van der Waals surface area contributed by atoms with E-state index < -0.39 is 22.0 Å². The number of hydrogen-bond donors (Lipinski definition) is 1. The van der Waals surface area contributed by atoms with E-state index in [2.05, 4.69) is 10.3 Å². The number of aromatic nitrogens is 1. The van der Waals surface area contributed by atoms with Gasteiger partial charge in [0.1, 0.15) is 17.5 Å². The van der Waals surface area contributed by atoms with E-state index in [1.807, 2.05) is 30.3 Å². The maximum absolute atomic E-state index is 12.6. The molecule has 3 rings (SSSR count). The first-order valence-electron chi connectivity index (χ1n) is 9.33. The van der Waals surface area contributed by atoms with Crippen LogP contribution in [0.15, 0.2) is 79.1 Å². The molecule has 1 atom stereocenters. The summed E-state index contributed by atoms with van der Waals surface area (Å²) in [6.07, 6.45) is 4.34. The molecule has 0 bridgehead atoms. The molecule has 0 spiro atoms. The largest absolute Gasteiger partial charge is 0.457 e. The molecule has 0 saturated carbocycles. The molecule has 1 N–H and O–H groups in total. The van der Waals surface area contributed by atoms with Gasteiger partial charge >= 0.3 is 0 Å². The van der Waals surface area contributed by atoms with Gasteiger partial charge in [0.15, 0.2) is 0 Å². The number of para-hydroxylation sites is 1. The Balaban J connectivity index is 1.74. The molecule has 3 aromatic rings. The van der Waals surface area contributed by atoms with Crippen LogP contribution in [0.4, 0.5) is 5.69 Å². The topological polar surface area (TPSA) is 88.6 Å². The van der Waals surface area contributed by atoms with E-state index in [-0.39, 0.29) is 6.54 Å². The molecule has 0 aliphatic rings. The first-order chi connectivity index (χ1) is 14.3. The molecule has 1 aromatic heterocycles. The number of hydrogen-bond acceptors (Lipinski definition) is 5. The molecule has 1 heterocycles. The molecule has 1 unspecified atom stereocenters. The summed E-state index contributed by atoms with van der Waals surface area (Å²) in [6, 6.07) is 18.5. The number of nitrogens with zero attached hydrogens (tertiary/aromatic N) is 2. The van der Waals surface area contributed by atoms with Crippen molar-refractivity contribution in [1.29, 1.82) is 0 Å². The quantitative estimate of drug-likeness (QED) is 0.598. The minimum Gasteiger partial charge on any atom is -0.457 e. The molecule has 156 valence electrons. The van der Waals surface area contributed by atoms with E-state index in [1.165, 1.54) is 0 Å². The van der Waals surface area contributed by atoms with Crippen LogP contribution >= 0.6 is 0 Å². The van der Waals surface area contributed by atoms with Gasteiger partial charge < -0.3 is 10.1 Å². The minimum atomic E-state index is -3.70. The predicted octanol–water partition coefficient (Wildman–Crippen LogP) is 3.34. The van der Waals surface area contributed by atoms with E-state index in [1.54, 1.807) is 55.7 Å². The van der Waals surface area contributed by atoms with Crippen LogP contribution in [0.25, 0.3) is 0 Å². The Kier molecular flexibility index (Phi) is 6.68. The molecule has 2 aromatic carbocycles. The van der Waals surface area contributed by atoms with Gasteiger partial charge in [-0.1, -0.05) is 18.2 Å². The fourth-order valence-corrected chi connectivity index (χ4v) is 4.11. The van der Waals surface area contributed by atoms with E-state index in [0.29, 0.717) is 17.2 Å². The Hall–Kier alpha value is -3.39. The monoisotopic (exact) mass is 425 g/mol. The molecule has 0 aliphatic heterocycles. The second-order valence-electron chi connectivity index (χ2n) is 6.72. The van der Waals surface area contributed by atoms with Crippen molar-refractivity contribution in [3.05, 3.63) is 84.7 Å². The van der Waals surface area contributed by atoms with E-state index in [0.717, 1.165) is 16.1 Å². The standard InChI is InChI=1S/C22H23N3O4S/c1-17(22(26)24-16-18-12-14-23-15-13-18)25(30(2,27)28)19-8-10-21(11-9-19)29-20-6-4-3-5-7-20/h3-15,17H,16H2,1-2H3,(H,24,26). The Labute approximate surface area is 176 Å². The van der Waals surface area contributed by atoms with Gasteiger partial charge in [-0.15, -0.1) is 0 Å². The normalized spacial score (nSPS) is 12.1. The van der Waals surface area contributed by atoms with Crippen molar-refractivity contribution >= 4 is 21.6 Å². The zero-order valence-corrected chi connectivity index (χ0v) is 17.5. The number of anilines is 1. The zero-order chi connectivity index (χ0) is 21.6. The van der Waals surface area contributed by atoms with Gasteiger partial charge in [0.05, 0.1) is 11.9 Å². The highest BCUT2D eigenvalue weighted by atomic mass is 32.2. The van der Waals surface area contributed by atoms with Crippen molar-refractivity contribution < 1.29 is 17.9 Å². The van der Waals surface area contributed by atoms with Crippen LogP contribution in [-0.2, 0) is 21.4 Å². The maximum Gasteiger partial charge on any atom is 0.243 e. The Bertz CT molecular complexity index is 1070. The number of amides is 1. The van der Waals surface area contributed by atoms with Gasteiger partial charge in [-0.05, 0) is 61.0 Å². The van der Waals surface area contributed by atoms with Gasteiger partial charge in [-0.2, -0.15) is 0 Å². The molecule has 8 heteroatoms. The Morgan fingerprint density at radius 1 is 1.00 bits per heavy atom. The number of carbonyl (C=O) groups is 1. The summed E-state index contributed by atoms with van der Waals surface area (Å²) in [6.45, 7) is 1.84. The third-order valence-electron chi connectivity index (χ3n) is 4.37. The van der Waals surface area contributed by atoms with Crippen molar-refractivity contribution in [2.75, 3.05) is 10.6 Å².